The molecule has 1 amide bonds. The lowest BCUT2D eigenvalue weighted by molar-refractivity contribution is -0.140. The van der Waals surface area contributed by atoms with Gasteiger partial charge in [0.2, 0.25) is 5.91 Å². The molecule has 2 rings (SSSR count). The fraction of sp³-hybridized carbons (Fsp3) is 0.500. The fourth-order valence-corrected chi connectivity index (χ4v) is 2.70. The first-order valence-corrected chi connectivity index (χ1v) is 7.13. The Morgan fingerprint density at radius 2 is 1.85 bits per heavy atom. The van der Waals surface area contributed by atoms with Crippen molar-refractivity contribution in [1.29, 1.82) is 0 Å². The van der Waals surface area contributed by atoms with Gasteiger partial charge in [-0.1, -0.05) is 31.0 Å². The van der Waals surface area contributed by atoms with E-state index in [2.05, 4.69) is 4.74 Å². The summed E-state index contributed by atoms with van der Waals surface area (Å²) in [7, 11) is 1.34. The summed E-state index contributed by atoms with van der Waals surface area (Å²) in [5.74, 6) is 0.0773. The van der Waals surface area contributed by atoms with Crippen LogP contribution in [0.3, 0.4) is 0 Å². The van der Waals surface area contributed by atoms with Crippen LogP contribution in [0.5, 0.6) is 0 Å². The minimum atomic E-state index is -0.395. The number of rotatable bonds is 5. The third-order valence-corrected chi connectivity index (χ3v) is 3.82. The van der Waals surface area contributed by atoms with Crippen molar-refractivity contribution in [2.45, 2.75) is 32.1 Å². The summed E-state index contributed by atoms with van der Waals surface area (Å²) in [6.45, 7) is -0.0218. The van der Waals surface area contributed by atoms with Crippen molar-refractivity contribution in [3.8, 4) is 0 Å². The number of para-hydroxylation sites is 1. The van der Waals surface area contributed by atoms with Crippen LogP contribution in [-0.4, -0.2) is 25.5 Å². The lowest BCUT2D eigenvalue weighted by Gasteiger charge is -2.23. The van der Waals surface area contributed by atoms with Crippen molar-refractivity contribution in [2.75, 3.05) is 18.6 Å². The molecule has 0 aromatic heterocycles. The lowest BCUT2D eigenvalue weighted by atomic mass is 10.0. The monoisotopic (exact) mass is 275 g/mol. The van der Waals surface area contributed by atoms with Gasteiger partial charge in [0.25, 0.3) is 0 Å². The second-order valence-corrected chi connectivity index (χ2v) is 5.25. The van der Waals surface area contributed by atoms with Crippen molar-refractivity contribution in [1.82, 2.24) is 0 Å². The van der Waals surface area contributed by atoms with Crippen LogP contribution in [-0.2, 0) is 14.3 Å². The molecule has 1 aliphatic carbocycles. The number of carbonyl (C=O) groups is 2. The van der Waals surface area contributed by atoms with E-state index in [1.807, 2.05) is 30.3 Å². The number of amides is 1. The molecule has 4 heteroatoms. The normalized spacial score (nSPS) is 15.1. The number of hydrogen-bond donors (Lipinski definition) is 0. The highest BCUT2D eigenvalue weighted by Crippen LogP contribution is 2.28. The van der Waals surface area contributed by atoms with Gasteiger partial charge >= 0.3 is 5.97 Å². The Kier molecular flexibility index (Phi) is 5.16. The third kappa shape index (κ3) is 3.83. The Labute approximate surface area is 119 Å². The van der Waals surface area contributed by atoms with E-state index in [9.17, 15) is 9.59 Å². The molecular weight excluding hydrogens is 254 g/mol. The van der Waals surface area contributed by atoms with E-state index in [1.54, 1.807) is 0 Å². The fourth-order valence-electron chi connectivity index (χ4n) is 2.70. The van der Waals surface area contributed by atoms with E-state index in [0.717, 1.165) is 18.5 Å². The van der Waals surface area contributed by atoms with Crippen LogP contribution in [0, 0.1) is 5.92 Å². The van der Waals surface area contributed by atoms with E-state index in [1.165, 1.54) is 24.9 Å². The Hall–Kier alpha value is -1.84. The van der Waals surface area contributed by atoms with Crippen LogP contribution in [0.1, 0.15) is 32.1 Å². The van der Waals surface area contributed by atoms with Crippen LogP contribution >= 0.6 is 0 Å². The zero-order valence-electron chi connectivity index (χ0n) is 11.9. The molecule has 1 aliphatic rings. The molecule has 0 spiro atoms. The second kappa shape index (κ2) is 7.08. The number of hydrogen-bond acceptors (Lipinski definition) is 3. The van der Waals surface area contributed by atoms with Crippen molar-refractivity contribution < 1.29 is 14.3 Å². The van der Waals surface area contributed by atoms with Crippen LogP contribution < -0.4 is 4.90 Å². The van der Waals surface area contributed by atoms with Crippen molar-refractivity contribution >= 4 is 17.6 Å². The Bertz CT molecular complexity index is 452. The van der Waals surface area contributed by atoms with E-state index >= 15 is 0 Å². The molecule has 108 valence electrons. The average molecular weight is 275 g/mol. The van der Waals surface area contributed by atoms with Crippen molar-refractivity contribution in [3.05, 3.63) is 30.3 Å². The largest absolute Gasteiger partial charge is 0.468 e. The number of nitrogens with zero attached hydrogens (tertiary/aromatic N) is 1. The summed E-state index contributed by atoms with van der Waals surface area (Å²) in [6.07, 6.45) is 5.17. The van der Waals surface area contributed by atoms with E-state index in [-0.39, 0.29) is 12.5 Å². The summed E-state index contributed by atoms with van der Waals surface area (Å²) in [4.78, 5) is 25.5. The number of ether oxygens (including phenoxy) is 1. The molecule has 0 aliphatic heterocycles. The molecule has 0 heterocycles. The highest BCUT2D eigenvalue weighted by Gasteiger charge is 2.24. The molecule has 0 unspecified atom stereocenters. The van der Waals surface area contributed by atoms with Gasteiger partial charge < -0.3 is 9.64 Å². The Morgan fingerprint density at radius 1 is 1.20 bits per heavy atom. The molecule has 1 saturated carbocycles. The molecule has 0 radical (unpaired) electrons. The molecule has 0 atom stereocenters. The minimum absolute atomic E-state index is 0.00787. The summed E-state index contributed by atoms with van der Waals surface area (Å²) in [6, 6.07) is 9.30. The number of anilines is 1. The van der Waals surface area contributed by atoms with Gasteiger partial charge in [0, 0.05) is 12.1 Å². The van der Waals surface area contributed by atoms with Gasteiger partial charge in [-0.25, -0.2) is 0 Å². The van der Waals surface area contributed by atoms with E-state index in [4.69, 9.17) is 0 Å². The van der Waals surface area contributed by atoms with Crippen molar-refractivity contribution in [2.24, 2.45) is 5.92 Å². The zero-order chi connectivity index (χ0) is 14.4. The SMILES string of the molecule is COC(=O)CN(C(=O)CC1CCCC1)c1ccccc1. The van der Waals surface area contributed by atoms with Gasteiger partial charge in [-0.3, -0.25) is 9.59 Å². The number of esters is 1. The Morgan fingerprint density at radius 3 is 2.45 bits per heavy atom. The topological polar surface area (TPSA) is 46.6 Å². The predicted molar refractivity (Wildman–Crippen MR) is 77.4 cm³/mol. The third-order valence-electron chi connectivity index (χ3n) is 3.82. The molecule has 0 saturated heterocycles. The highest BCUT2D eigenvalue weighted by molar-refractivity contribution is 5.97. The van der Waals surface area contributed by atoms with Crippen LogP contribution in [0.2, 0.25) is 0 Å². The van der Waals surface area contributed by atoms with Crippen LogP contribution in [0.4, 0.5) is 5.69 Å². The lowest BCUT2D eigenvalue weighted by Crippen LogP contribution is -2.37. The molecule has 20 heavy (non-hydrogen) atoms. The zero-order valence-corrected chi connectivity index (χ0v) is 11.9. The molecule has 1 aromatic carbocycles. The summed E-state index contributed by atoms with van der Waals surface area (Å²) in [5.41, 5.74) is 0.751. The first-order valence-electron chi connectivity index (χ1n) is 7.13. The van der Waals surface area contributed by atoms with Gasteiger partial charge in [-0.2, -0.15) is 0 Å². The molecule has 0 bridgehead atoms. The standard InChI is InChI=1S/C16H21NO3/c1-20-16(19)12-17(14-9-3-2-4-10-14)15(18)11-13-7-5-6-8-13/h2-4,9-10,13H,5-8,11-12H2,1H3. The van der Waals surface area contributed by atoms with Crippen molar-refractivity contribution in [3.63, 3.8) is 0 Å². The number of methoxy groups -OCH3 is 1. The van der Waals surface area contributed by atoms with Crippen LogP contribution in [0.25, 0.3) is 0 Å². The minimum Gasteiger partial charge on any atom is -0.468 e. The molecular formula is C16H21NO3. The quantitative estimate of drug-likeness (QED) is 0.776. The van der Waals surface area contributed by atoms with E-state index in [0.29, 0.717) is 12.3 Å². The molecule has 1 aromatic rings. The summed E-state index contributed by atoms with van der Waals surface area (Å²) in [5, 5.41) is 0. The molecule has 1 fully saturated rings. The average Bonchev–Trinajstić information content (AvgIpc) is 2.98. The maximum Gasteiger partial charge on any atom is 0.325 e. The number of benzene rings is 1. The van der Waals surface area contributed by atoms with Gasteiger partial charge in [-0.15, -0.1) is 0 Å². The first-order chi connectivity index (χ1) is 9.70. The second-order valence-electron chi connectivity index (χ2n) is 5.25. The number of carbonyl (C=O) groups excluding carboxylic acids is 2. The predicted octanol–water partition coefficient (Wildman–Crippen LogP) is 2.77. The maximum atomic E-state index is 12.5. The molecule has 0 N–H and O–H groups in total. The van der Waals surface area contributed by atoms with E-state index < -0.39 is 5.97 Å². The highest BCUT2D eigenvalue weighted by atomic mass is 16.5. The summed E-state index contributed by atoms with van der Waals surface area (Å²) < 4.78 is 4.69. The first kappa shape index (κ1) is 14.6. The van der Waals surface area contributed by atoms with Gasteiger partial charge in [0.1, 0.15) is 6.54 Å². The Balaban J connectivity index is 2.08. The van der Waals surface area contributed by atoms with Crippen LogP contribution in [0.15, 0.2) is 30.3 Å². The smallest absolute Gasteiger partial charge is 0.325 e. The van der Waals surface area contributed by atoms with Gasteiger partial charge in [0.05, 0.1) is 7.11 Å². The van der Waals surface area contributed by atoms with Gasteiger partial charge in [-0.05, 0) is 30.9 Å². The molecule has 4 nitrogen and oxygen atoms in total. The maximum absolute atomic E-state index is 12.5. The summed E-state index contributed by atoms with van der Waals surface area (Å²) >= 11 is 0. The van der Waals surface area contributed by atoms with Gasteiger partial charge in [0.15, 0.2) is 0 Å².